The summed E-state index contributed by atoms with van der Waals surface area (Å²) in [4.78, 5) is 4.23. The summed E-state index contributed by atoms with van der Waals surface area (Å²) in [5.74, 6) is 2.46. The lowest BCUT2D eigenvalue weighted by molar-refractivity contribution is 0.408. The third-order valence-corrected chi connectivity index (χ3v) is 3.56. The van der Waals surface area contributed by atoms with E-state index in [4.69, 9.17) is 4.74 Å². The Hall–Kier alpha value is -2.57. The number of benzene rings is 1. The van der Waals surface area contributed by atoms with Crippen molar-refractivity contribution >= 4 is 5.96 Å². The van der Waals surface area contributed by atoms with Crippen LogP contribution in [0.4, 0.5) is 0 Å². The van der Waals surface area contributed by atoms with E-state index < -0.39 is 0 Å². The quantitative estimate of drug-likeness (QED) is 0.623. The maximum atomic E-state index is 5.42. The molecule has 0 radical (unpaired) electrons. The van der Waals surface area contributed by atoms with Crippen molar-refractivity contribution in [2.45, 2.75) is 33.5 Å². The molecule has 1 aromatic carbocycles. The number of rotatable bonds is 6. The predicted molar refractivity (Wildman–Crippen MR) is 90.5 cm³/mol. The highest BCUT2D eigenvalue weighted by molar-refractivity contribution is 5.79. The fourth-order valence-corrected chi connectivity index (χ4v) is 2.24. The van der Waals surface area contributed by atoms with Gasteiger partial charge in [0.2, 0.25) is 0 Å². The van der Waals surface area contributed by atoms with Gasteiger partial charge in [-0.2, -0.15) is 0 Å². The van der Waals surface area contributed by atoms with Crippen molar-refractivity contribution in [3.05, 3.63) is 41.5 Å². The standard InChI is InChI=1S/C16H24N6O/c1-5-22-11-20-21-15(22)10-19-16(17-3)18-9-13-7-6-12(2)8-14(13)23-4/h6-8,11H,5,9-10H2,1-4H3,(H2,17,18,19). The topological polar surface area (TPSA) is 76.4 Å². The molecule has 0 aliphatic carbocycles. The molecule has 2 rings (SSSR count). The van der Waals surface area contributed by atoms with Crippen molar-refractivity contribution in [1.82, 2.24) is 25.4 Å². The predicted octanol–water partition coefficient (Wildman–Crippen LogP) is 1.48. The summed E-state index contributed by atoms with van der Waals surface area (Å²) in [5, 5.41) is 14.5. The normalized spacial score (nSPS) is 11.4. The van der Waals surface area contributed by atoms with Gasteiger partial charge in [0.25, 0.3) is 0 Å². The fraction of sp³-hybridized carbons (Fsp3) is 0.438. The van der Waals surface area contributed by atoms with E-state index in [1.54, 1.807) is 20.5 Å². The van der Waals surface area contributed by atoms with Crippen LogP contribution in [0.2, 0.25) is 0 Å². The average molecular weight is 316 g/mol. The minimum atomic E-state index is 0.568. The Bertz CT molecular complexity index is 664. The Morgan fingerprint density at radius 3 is 2.78 bits per heavy atom. The third-order valence-electron chi connectivity index (χ3n) is 3.56. The zero-order chi connectivity index (χ0) is 16.7. The Balaban J connectivity index is 1.93. The number of hydrogen-bond acceptors (Lipinski definition) is 4. The van der Waals surface area contributed by atoms with Gasteiger partial charge in [0, 0.05) is 25.7 Å². The van der Waals surface area contributed by atoms with Crippen LogP contribution in [0, 0.1) is 6.92 Å². The molecule has 0 unspecified atom stereocenters. The van der Waals surface area contributed by atoms with Crippen LogP contribution in [-0.4, -0.2) is 34.9 Å². The summed E-state index contributed by atoms with van der Waals surface area (Å²) in [6, 6.07) is 6.15. The highest BCUT2D eigenvalue weighted by Gasteiger charge is 2.06. The fourth-order valence-electron chi connectivity index (χ4n) is 2.24. The second kappa shape index (κ2) is 8.17. The molecular formula is C16H24N6O. The van der Waals surface area contributed by atoms with Gasteiger partial charge in [-0.05, 0) is 25.5 Å². The molecule has 7 heteroatoms. The zero-order valence-electron chi connectivity index (χ0n) is 14.1. The minimum Gasteiger partial charge on any atom is -0.496 e. The van der Waals surface area contributed by atoms with Crippen LogP contribution >= 0.6 is 0 Å². The molecule has 2 aromatic rings. The molecule has 0 saturated heterocycles. The van der Waals surface area contributed by atoms with E-state index >= 15 is 0 Å². The maximum Gasteiger partial charge on any atom is 0.191 e. The highest BCUT2D eigenvalue weighted by Crippen LogP contribution is 2.19. The molecular weight excluding hydrogens is 292 g/mol. The van der Waals surface area contributed by atoms with Gasteiger partial charge in [-0.25, -0.2) is 0 Å². The van der Waals surface area contributed by atoms with E-state index in [1.165, 1.54) is 5.56 Å². The van der Waals surface area contributed by atoms with Gasteiger partial charge in [0.05, 0.1) is 13.7 Å². The highest BCUT2D eigenvalue weighted by atomic mass is 16.5. The molecule has 0 saturated carbocycles. The first-order valence-corrected chi connectivity index (χ1v) is 7.62. The van der Waals surface area contributed by atoms with Crippen molar-refractivity contribution < 1.29 is 4.74 Å². The average Bonchev–Trinajstić information content (AvgIpc) is 3.03. The molecule has 0 fully saturated rings. The van der Waals surface area contributed by atoms with Gasteiger partial charge in [0.1, 0.15) is 12.1 Å². The summed E-state index contributed by atoms with van der Waals surface area (Å²) in [6.45, 7) is 6.15. The lowest BCUT2D eigenvalue weighted by atomic mass is 10.1. The molecule has 7 nitrogen and oxygen atoms in total. The van der Waals surface area contributed by atoms with Crippen LogP contribution in [0.1, 0.15) is 23.9 Å². The van der Waals surface area contributed by atoms with Crippen molar-refractivity contribution in [3.8, 4) is 5.75 Å². The first-order chi connectivity index (χ1) is 11.2. The first kappa shape index (κ1) is 16.8. The second-order valence-electron chi connectivity index (χ2n) is 5.13. The molecule has 0 aliphatic rings. The lowest BCUT2D eigenvalue weighted by Gasteiger charge is -2.14. The van der Waals surface area contributed by atoms with E-state index in [0.717, 1.165) is 23.7 Å². The van der Waals surface area contributed by atoms with Crippen LogP contribution in [-0.2, 0) is 19.6 Å². The molecule has 0 bridgehead atoms. The SMILES string of the molecule is CCn1cnnc1CNC(=NC)NCc1ccc(C)cc1OC. The number of nitrogens with one attached hydrogen (secondary N) is 2. The molecule has 23 heavy (non-hydrogen) atoms. The van der Waals surface area contributed by atoms with Crippen LogP contribution < -0.4 is 15.4 Å². The number of ether oxygens (including phenoxy) is 1. The van der Waals surface area contributed by atoms with Gasteiger partial charge in [-0.1, -0.05) is 12.1 Å². The van der Waals surface area contributed by atoms with E-state index in [0.29, 0.717) is 19.0 Å². The van der Waals surface area contributed by atoms with Gasteiger partial charge >= 0.3 is 0 Å². The number of aryl methyl sites for hydroxylation is 2. The molecule has 1 heterocycles. The molecule has 2 N–H and O–H groups in total. The summed E-state index contributed by atoms with van der Waals surface area (Å²) >= 11 is 0. The van der Waals surface area contributed by atoms with Crippen molar-refractivity contribution in [3.63, 3.8) is 0 Å². The third kappa shape index (κ3) is 4.45. The van der Waals surface area contributed by atoms with Crippen molar-refractivity contribution in [1.29, 1.82) is 0 Å². The summed E-state index contributed by atoms with van der Waals surface area (Å²) in [5.41, 5.74) is 2.25. The van der Waals surface area contributed by atoms with Crippen LogP contribution in [0.5, 0.6) is 5.75 Å². The van der Waals surface area contributed by atoms with E-state index in [-0.39, 0.29) is 0 Å². The number of aliphatic imine (C=N–C) groups is 1. The smallest absolute Gasteiger partial charge is 0.191 e. The van der Waals surface area contributed by atoms with Gasteiger partial charge < -0.3 is 19.9 Å². The van der Waals surface area contributed by atoms with Crippen LogP contribution in [0.15, 0.2) is 29.5 Å². The molecule has 0 amide bonds. The first-order valence-electron chi connectivity index (χ1n) is 7.62. The van der Waals surface area contributed by atoms with Gasteiger partial charge in [0.15, 0.2) is 11.8 Å². The molecule has 0 spiro atoms. The van der Waals surface area contributed by atoms with Gasteiger partial charge in [-0.3, -0.25) is 4.99 Å². The summed E-state index contributed by atoms with van der Waals surface area (Å²) < 4.78 is 7.41. The Kier molecular flexibility index (Phi) is 5.96. The largest absolute Gasteiger partial charge is 0.496 e. The van der Waals surface area contributed by atoms with Crippen molar-refractivity contribution in [2.75, 3.05) is 14.2 Å². The summed E-state index contributed by atoms with van der Waals surface area (Å²) in [6.07, 6.45) is 1.73. The van der Waals surface area contributed by atoms with Gasteiger partial charge in [-0.15, -0.1) is 10.2 Å². The summed E-state index contributed by atoms with van der Waals surface area (Å²) in [7, 11) is 3.43. The molecule has 1 aromatic heterocycles. The van der Waals surface area contributed by atoms with E-state index in [9.17, 15) is 0 Å². The Labute approximate surface area is 136 Å². The molecule has 0 atom stereocenters. The molecule has 124 valence electrons. The number of nitrogens with zero attached hydrogens (tertiary/aromatic N) is 4. The molecule has 0 aliphatic heterocycles. The number of guanidine groups is 1. The number of hydrogen-bond donors (Lipinski definition) is 2. The van der Waals surface area contributed by atoms with E-state index in [1.807, 2.05) is 17.6 Å². The van der Waals surface area contributed by atoms with E-state index in [2.05, 4.69) is 44.9 Å². The number of methoxy groups -OCH3 is 1. The Morgan fingerprint density at radius 2 is 2.09 bits per heavy atom. The van der Waals surface area contributed by atoms with Crippen LogP contribution in [0.3, 0.4) is 0 Å². The monoisotopic (exact) mass is 316 g/mol. The lowest BCUT2D eigenvalue weighted by Crippen LogP contribution is -2.37. The maximum absolute atomic E-state index is 5.42. The Morgan fingerprint density at radius 1 is 1.30 bits per heavy atom. The second-order valence-corrected chi connectivity index (χ2v) is 5.13. The zero-order valence-corrected chi connectivity index (χ0v) is 14.1. The minimum absolute atomic E-state index is 0.568. The van der Waals surface area contributed by atoms with Crippen LogP contribution in [0.25, 0.3) is 0 Å². The van der Waals surface area contributed by atoms with Crippen molar-refractivity contribution in [2.24, 2.45) is 4.99 Å². The number of aromatic nitrogens is 3.